The molecule has 0 aliphatic rings. The van der Waals surface area contributed by atoms with Crippen LogP contribution in [0.25, 0.3) is 44.5 Å². The first-order valence-electron chi connectivity index (χ1n) is 15.2. The van der Waals surface area contributed by atoms with E-state index in [4.69, 9.17) is 4.42 Å². The normalized spacial score (nSPS) is 10.9. The Morgan fingerprint density at radius 3 is 2.33 bits per heavy atom. The Morgan fingerprint density at radius 2 is 1.56 bits per heavy atom. The van der Waals surface area contributed by atoms with Crippen molar-refractivity contribution in [3.63, 3.8) is 0 Å². The van der Waals surface area contributed by atoms with E-state index in [0.717, 1.165) is 57.3 Å². The standard InChI is InChI=1S/C24H16NO.C17H20N.Ir/c1-2-7-17(8-3-1)15-18-13-14-25-22(16-18)21-11-6-10-20-19-9-4-5-12-23(19)26-24(20)21;1-12(2)9-16-10-17(18-11-14(16)4)15-7-5-13(3)6-8-15;/h1-10,12-14,16H,15H2;5-7,10-12H,9H2,1-4H3;/q2*-1;. The summed E-state index contributed by atoms with van der Waals surface area (Å²) >= 11 is 0. The summed E-state index contributed by atoms with van der Waals surface area (Å²) in [5.74, 6) is 0.668. The number of hydrogen-bond donors (Lipinski definition) is 0. The Bertz CT molecular complexity index is 2010. The van der Waals surface area contributed by atoms with Gasteiger partial charge in [0.15, 0.2) is 0 Å². The largest absolute Gasteiger partial charge is 0.501 e. The monoisotopic (exact) mass is 765 g/mol. The Kier molecular flexibility index (Phi) is 10.4. The van der Waals surface area contributed by atoms with Gasteiger partial charge < -0.3 is 14.4 Å². The number of furan rings is 1. The van der Waals surface area contributed by atoms with E-state index in [9.17, 15) is 0 Å². The van der Waals surface area contributed by atoms with Crippen molar-refractivity contribution in [1.29, 1.82) is 0 Å². The summed E-state index contributed by atoms with van der Waals surface area (Å²) in [5.41, 5.74) is 12.1. The zero-order valence-electron chi connectivity index (χ0n) is 26.1. The second kappa shape index (κ2) is 14.6. The maximum absolute atomic E-state index is 6.12. The molecule has 4 heteroatoms. The first-order valence-corrected chi connectivity index (χ1v) is 15.2. The predicted octanol–water partition coefficient (Wildman–Crippen LogP) is 10.4. The van der Waals surface area contributed by atoms with Gasteiger partial charge in [0.2, 0.25) is 0 Å². The van der Waals surface area contributed by atoms with Crippen molar-refractivity contribution in [2.24, 2.45) is 5.92 Å². The molecule has 0 fully saturated rings. The molecule has 4 aromatic carbocycles. The van der Waals surface area contributed by atoms with Gasteiger partial charge in [-0.2, -0.15) is 0 Å². The first-order chi connectivity index (χ1) is 21.4. The van der Waals surface area contributed by atoms with E-state index >= 15 is 0 Å². The van der Waals surface area contributed by atoms with Crippen LogP contribution in [0.2, 0.25) is 0 Å². The van der Waals surface area contributed by atoms with E-state index in [1.807, 2.05) is 48.8 Å². The second-order valence-electron chi connectivity index (χ2n) is 11.8. The van der Waals surface area contributed by atoms with Gasteiger partial charge in [-0.3, -0.25) is 0 Å². The molecule has 0 amide bonds. The zero-order chi connectivity index (χ0) is 30.5. The molecule has 0 N–H and O–H groups in total. The number of para-hydroxylation sites is 1. The van der Waals surface area contributed by atoms with Crippen molar-refractivity contribution < 1.29 is 24.5 Å². The minimum Gasteiger partial charge on any atom is -0.501 e. The first kappa shape index (κ1) is 32.0. The Hall–Kier alpha value is -4.37. The van der Waals surface area contributed by atoms with E-state index in [1.54, 1.807) is 0 Å². The molecule has 3 aromatic heterocycles. The molecule has 0 spiro atoms. The van der Waals surface area contributed by atoms with Gasteiger partial charge in [-0.25, -0.2) is 0 Å². The van der Waals surface area contributed by atoms with Gasteiger partial charge in [-0.15, -0.1) is 53.6 Å². The Labute approximate surface area is 279 Å². The van der Waals surface area contributed by atoms with Crippen LogP contribution in [0, 0.1) is 31.9 Å². The van der Waals surface area contributed by atoms with E-state index in [-0.39, 0.29) is 20.1 Å². The Balaban J connectivity index is 0.000000186. The van der Waals surface area contributed by atoms with Crippen LogP contribution < -0.4 is 0 Å². The fraction of sp³-hybridized carbons (Fsp3) is 0.171. The number of rotatable bonds is 6. The van der Waals surface area contributed by atoms with Crippen molar-refractivity contribution in [3.8, 4) is 22.5 Å². The number of pyridine rings is 2. The number of fused-ring (bicyclic) bond motifs is 3. The quantitative estimate of drug-likeness (QED) is 0.158. The minimum atomic E-state index is 0. The van der Waals surface area contributed by atoms with Gasteiger partial charge in [0.05, 0.1) is 5.58 Å². The number of nitrogens with zero attached hydrogens (tertiary/aromatic N) is 2. The molecular weight excluding hydrogens is 729 g/mol. The number of hydrogen-bond acceptors (Lipinski definition) is 3. The van der Waals surface area contributed by atoms with Crippen LogP contribution in [-0.2, 0) is 32.9 Å². The van der Waals surface area contributed by atoms with Gasteiger partial charge in [-0.1, -0.05) is 97.9 Å². The molecule has 7 rings (SSSR count). The average Bonchev–Trinajstić information content (AvgIpc) is 3.42. The van der Waals surface area contributed by atoms with Crippen LogP contribution in [0.3, 0.4) is 0 Å². The molecule has 7 aromatic rings. The molecule has 0 unspecified atom stereocenters. The third kappa shape index (κ3) is 7.65. The van der Waals surface area contributed by atoms with Crippen LogP contribution in [-0.4, -0.2) is 9.97 Å². The van der Waals surface area contributed by atoms with E-state index < -0.39 is 0 Å². The topological polar surface area (TPSA) is 38.9 Å². The summed E-state index contributed by atoms with van der Waals surface area (Å²) in [5, 5.41) is 2.22. The fourth-order valence-corrected chi connectivity index (χ4v) is 5.47. The third-order valence-electron chi connectivity index (χ3n) is 7.76. The Morgan fingerprint density at radius 1 is 0.756 bits per heavy atom. The molecule has 3 heterocycles. The summed E-state index contributed by atoms with van der Waals surface area (Å²) in [7, 11) is 0. The molecule has 0 saturated carbocycles. The molecule has 0 aliphatic carbocycles. The van der Waals surface area contributed by atoms with E-state index in [2.05, 4.69) is 117 Å². The number of aryl methyl sites for hydroxylation is 2. The van der Waals surface area contributed by atoms with Crippen molar-refractivity contribution >= 4 is 21.9 Å². The van der Waals surface area contributed by atoms with Crippen molar-refractivity contribution in [2.45, 2.75) is 40.5 Å². The van der Waals surface area contributed by atoms with Crippen molar-refractivity contribution in [2.75, 3.05) is 0 Å². The molecule has 0 aliphatic heterocycles. The van der Waals surface area contributed by atoms with Crippen LogP contribution >= 0.6 is 0 Å². The van der Waals surface area contributed by atoms with Crippen LogP contribution in [0.1, 0.15) is 41.7 Å². The minimum absolute atomic E-state index is 0. The van der Waals surface area contributed by atoms with Gasteiger partial charge in [0.25, 0.3) is 0 Å². The molecule has 0 saturated heterocycles. The maximum atomic E-state index is 6.12. The predicted molar refractivity (Wildman–Crippen MR) is 182 cm³/mol. The summed E-state index contributed by atoms with van der Waals surface area (Å²) in [6.45, 7) is 8.70. The number of aromatic nitrogens is 2. The molecule has 0 bridgehead atoms. The maximum Gasteiger partial charge on any atom is 0.120 e. The summed E-state index contributed by atoms with van der Waals surface area (Å²) < 4.78 is 6.12. The van der Waals surface area contributed by atoms with Gasteiger partial charge in [0.1, 0.15) is 5.58 Å². The molecule has 3 nitrogen and oxygen atoms in total. The van der Waals surface area contributed by atoms with Crippen LogP contribution in [0.15, 0.2) is 120 Å². The van der Waals surface area contributed by atoms with Gasteiger partial charge in [-0.05, 0) is 65.9 Å². The van der Waals surface area contributed by atoms with Crippen LogP contribution in [0.4, 0.5) is 0 Å². The van der Waals surface area contributed by atoms with Crippen molar-refractivity contribution in [1.82, 2.24) is 9.97 Å². The summed E-state index contributed by atoms with van der Waals surface area (Å²) in [6, 6.07) is 41.8. The van der Waals surface area contributed by atoms with Crippen molar-refractivity contribution in [3.05, 3.63) is 155 Å². The zero-order valence-corrected chi connectivity index (χ0v) is 28.5. The average molecular weight is 765 g/mol. The second-order valence-corrected chi connectivity index (χ2v) is 11.8. The summed E-state index contributed by atoms with van der Waals surface area (Å²) in [4.78, 5) is 9.10. The van der Waals surface area contributed by atoms with Crippen LogP contribution in [0.5, 0.6) is 0 Å². The van der Waals surface area contributed by atoms with E-state index in [1.165, 1.54) is 27.8 Å². The smallest absolute Gasteiger partial charge is 0.120 e. The SMILES string of the molecule is Cc1c[c-]c(-c2cc(CC(C)C)c(C)cn2)cc1.[Ir].[c-]1ccc2c(oc3ccccc32)c1-c1cc(Cc2ccccc2)ccn1. The van der Waals surface area contributed by atoms with E-state index in [0.29, 0.717) is 5.92 Å². The molecule has 0 atom stereocenters. The van der Waals surface area contributed by atoms with Gasteiger partial charge >= 0.3 is 0 Å². The molecule has 45 heavy (non-hydrogen) atoms. The third-order valence-corrected chi connectivity index (χ3v) is 7.76. The summed E-state index contributed by atoms with van der Waals surface area (Å²) in [6.07, 6.45) is 5.82. The number of benzene rings is 4. The molecule has 227 valence electrons. The molecule has 1 radical (unpaired) electrons. The van der Waals surface area contributed by atoms with Gasteiger partial charge in [0, 0.05) is 37.9 Å². The fourth-order valence-electron chi connectivity index (χ4n) is 5.47. The molecular formula is C41H36IrN2O-2.